The normalized spacial score (nSPS) is 12.8. The standard InChI is InChI=1S/C16H28N4/c1-12-7-8-14(9-13(12)2)19-15(17)18-10-16(3,4)11-20(5)6/h7-9H,10-11H2,1-6H3,(H3,17,18,19). The fraction of sp³-hybridized carbons (Fsp3) is 0.562. The van der Waals surface area contributed by atoms with Crippen molar-refractivity contribution >= 4 is 11.6 Å². The molecule has 4 heteroatoms. The van der Waals surface area contributed by atoms with Crippen LogP contribution in [-0.2, 0) is 0 Å². The molecular weight excluding hydrogens is 248 g/mol. The number of aliphatic imine (C=N–C) groups is 1. The number of nitrogens with zero attached hydrogens (tertiary/aromatic N) is 2. The maximum atomic E-state index is 5.96. The van der Waals surface area contributed by atoms with Crippen LogP contribution in [0.2, 0.25) is 0 Å². The van der Waals surface area contributed by atoms with Gasteiger partial charge < -0.3 is 16.0 Å². The number of hydrogen-bond donors (Lipinski definition) is 2. The number of nitrogens with one attached hydrogen (secondary N) is 1. The van der Waals surface area contributed by atoms with Crippen LogP contribution in [0.25, 0.3) is 0 Å². The van der Waals surface area contributed by atoms with E-state index < -0.39 is 0 Å². The molecule has 0 radical (unpaired) electrons. The van der Waals surface area contributed by atoms with Crippen molar-refractivity contribution in [3.63, 3.8) is 0 Å². The lowest BCUT2D eigenvalue weighted by Gasteiger charge is -2.26. The molecule has 1 aromatic rings. The number of guanidine groups is 1. The molecule has 0 unspecified atom stereocenters. The number of nitrogens with two attached hydrogens (primary N) is 1. The summed E-state index contributed by atoms with van der Waals surface area (Å²) in [5.41, 5.74) is 9.58. The van der Waals surface area contributed by atoms with E-state index >= 15 is 0 Å². The second-order valence-electron chi connectivity index (χ2n) is 6.53. The van der Waals surface area contributed by atoms with E-state index in [9.17, 15) is 0 Å². The topological polar surface area (TPSA) is 53.6 Å². The molecule has 112 valence electrons. The maximum Gasteiger partial charge on any atom is 0.193 e. The van der Waals surface area contributed by atoms with E-state index in [1.165, 1.54) is 11.1 Å². The van der Waals surface area contributed by atoms with Gasteiger partial charge in [-0.25, -0.2) is 0 Å². The summed E-state index contributed by atoms with van der Waals surface area (Å²) in [4.78, 5) is 6.62. The smallest absolute Gasteiger partial charge is 0.193 e. The minimum atomic E-state index is 0.110. The van der Waals surface area contributed by atoms with Crippen LogP contribution in [-0.4, -0.2) is 38.0 Å². The quantitative estimate of drug-likeness (QED) is 0.642. The summed E-state index contributed by atoms with van der Waals surface area (Å²) < 4.78 is 0. The van der Waals surface area contributed by atoms with Gasteiger partial charge >= 0.3 is 0 Å². The molecule has 1 aromatic carbocycles. The van der Waals surface area contributed by atoms with Crippen LogP contribution in [0.15, 0.2) is 23.2 Å². The summed E-state index contributed by atoms with van der Waals surface area (Å²) in [5, 5.41) is 3.15. The molecule has 0 spiro atoms. The molecule has 4 nitrogen and oxygen atoms in total. The highest BCUT2D eigenvalue weighted by Gasteiger charge is 2.18. The van der Waals surface area contributed by atoms with Crippen molar-refractivity contribution in [3.8, 4) is 0 Å². The second-order valence-corrected chi connectivity index (χ2v) is 6.53. The van der Waals surface area contributed by atoms with Gasteiger partial charge in [0.2, 0.25) is 0 Å². The van der Waals surface area contributed by atoms with E-state index in [-0.39, 0.29) is 5.41 Å². The summed E-state index contributed by atoms with van der Waals surface area (Å²) >= 11 is 0. The van der Waals surface area contributed by atoms with Crippen LogP contribution < -0.4 is 11.1 Å². The summed E-state index contributed by atoms with van der Waals surface area (Å²) in [5.74, 6) is 0.472. The van der Waals surface area contributed by atoms with Crippen molar-refractivity contribution in [2.24, 2.45) is 16.1 Å². The molecule has 0 aliphatic rings. The molecule has 0 bridgehead atoms. The molecule has 3 N–H and O–H groups in total. The number of hydrogen-bond acceptors (Lipinski definition) is 2. The minimum absolute atomic E-state index is 0.110. The average Bonchev–Trinajstić information content (AvgIpc) is 2.30. The first-order chi connectivity index (χ1) is 9.19. The highest BCUT2D eigenvalue weighted by molar-refractivity contribution is 5.92. The van der Waals surface area contributed by atoms with Gasteiger partial charge in [-0.05, 0) is 56.6 Å². The number of aryl methyl sites for hydroxylation is 2. The Hall–Kier alpha value is -1.55. The molecule has 0 amide bonds. The second kappa shape index (κ2) is 6.75. The predicted molar refractivity (Wildman–Crippen MR) is 88.4 cm³/mol. The molecule has 0 aliphatic carbocycles. The Morgan fingerprint density at radius 2 is 1.90 bits per heavy atom. The van der Waals surface area contributed by atoms with Gasteiger partial charge in [-0.15, -0.1) is 0 Å². The summed E-state index contributed by atoms with van der Waals surface area (Å²) in [6.45, 7) is 10.3. The van der Waals surface area contributed by atoms with Crippen molar-refractivity contribution in [1.29, 1.82) is 0 Å². The van der Waals surface area contributed by atoms with Gasteiger partial charge in [0.15, 0.2) is 5.96 Å². The van der Waals surface area contributed by atoms with E-state index in [1.54, 1.807) is 0 Å². The Kier molecular flexibility index (Phi) is 5.57. The summed E-state index contributed by atoms with van der Waals surface area (Å²) in [6.07, 6.45) is 0. The highest BCUT2D eigenvalue weighted by atomic mass is 15.1. The van der Waals surface area contributed by atoms with Crippen LogP contribution in [0.4, 0.5) is 5.69 Å². The first kappa shape index (κ1) is 16.5. The van der Waals surface area contributed by atoms with Gasteiger partial charge in [0.05, 0.1) is 0 Å². The van der Waals surface area contributed by atoms with Gasteiger partial charge in [0, 0.05) is 18.8 Å². The largest absolute Gasteiger partial charge is 0.370 e. The van der Waals surface area contributed by atoms with Crippen LogP contribution in [0.5, 0.6) is 0 Å². The van der Waals surface area contributed by atoms with E-state index in [0.717, 1.165) is 12.2 Å². The summed E-state index contributed by atoms with van der Waals surface area (Å²) in [7, 11) is 4.14. The Bertz CT molecular complexity index is 475. The molecule has 0 aliphatic heterocycles. The number of benzene rings is 1. The van der Waals surface area contributed by atoms with Crippen LogP contribution in [0.3, 0.4) is 0 Å². The Balaban J connectivity index is 2.63. The first-order valence-corrected chi connectivity index (χ1v) is 6.98. The van der Waals surface area contributed by atoms with Crippen LogP contribution in [0, 0.1) is 19.3 Å². The van der Waals surface area contributed by atoms with Gasteiger partial charge in [-0.1, -0.05) is 19.9 Å². The van der Waals surface area contributed by atoms with Gasteiger partial charge in [0.1, 0.15) is 0 Å². The zero-order valence-electron chi connectivity index (χ0n) is 13.6. The number of anilines is 1. The summed E-state index contributed by atoms with van der Waals surface area (Å²) in [6, 6.07) is 6.19. The first-order valence-electron chi connectivity index (χ1n) is 6.98. The SMILES string of the molecule is Cc1ccc(NC(N)=NCC(C)(C)CN(C)C)cc1C. The van der Waals surface area contributed by atoms with E-state index in [4.69, 9.17) is 5.73 Å². The van der Waals surface area contributed by atoms with Crippen molar-refractivity contribution < 1.29 is 0 Å². The lowest BCUT2D eigenvalue weighted by molar-refractivity contribution is 0.249. The fourth-order valence-corrected chi connectivity index (χ4v) is 2.21. The van der Waals surface area contributed by atoms with Crippen LogP contribution in [0.1, 0.15) is 25.0 Å². The van der Waals surface area contributed by atoms with Gasteiger partial charge in [-0.2, -0.15) is 0 Å². The van der Waals surface area contributed by atoms with Crippen molar-refractivity contribution in [2.45, 2.75) is 27.7 Å². The van der Waals surface area contributed by atoms with E-state index in [1.807, 2.05) is 6.07 Å². The molecular formula is C16H28N4. The Morgan fingerprint density at radius 1 is 1.25 bits per heavy atom. The number of rotatable bonds is 5. The maximum absolute atomic E-state index is 5.96. The van der Waals surface area contributed by atoms with Crippen molar-refractivity contribution in [2.75, 3.05) is 32.5 Å². The van der Waals surface area contributed by atoms with Gasteiger partial charge in [0.25, 0.3) is 0 Å². The molecule has 0 atom stereocenters. The predicted octanol–water partition coefficient (Wildman–Crippen LogP) is 2.62. The lowest BCUT2D eigenvalue weighted by atomic mass is 9.93. The zero-order chi connectivity index (χ0) is 15.3. The third-order valence-corrected chi connectivity index (χ3v) is 3.20. The molecule has 0 aromatic heterocycles. The molecule has 20 heavy (non-hydrogen) atoms. The lowest BCUT2D eigenvalue weighted by Crippen LogP contribution is -2.32. The average molecular weight is 276 g/mol. The van der Waals surface area contributed by atoms with Crippen LogP contribution >= 0.6 is 0 Å². The molecule has 0 heterocycles. The molecule has 0 saturated heterocycles. The van der Waals surface area contributed by atoms with Crippen molar-refractivity contribution in [1.82, 2.24) is 4.90 Å². The third-order valence-electron chi connectivity index (χ3n) is 3.20. The van der Waals surface area contributed by atoms with E-state index in [0.29, 0.717) is 12.5 Å². The Morgan fingerprint density at radius 3 is 2.45 bits per heavy atom. The Labute approximate surface area is 123 Å². The molecule has 0 fully saturated rings. The van der Waals surface area contributed by atoms with Crippen molar-refractivity contribution in [3.05, 3.63) is 29.3 Å². The highest BCUT2D eigenvalue weighted by Crippen LogP contribution is 2.17. The third kappa shape index (κ3) is 5.61. The fourth-order valence-electron chi connectivity index (χ4n) is 2.21. The van der Waals surface area contributed by atoms with Gasteiger partial charge in [-0.3, -0.25) is 4.99 Å². The molecule has 0 saturated carbocycles. The zero-order valence-corrected chi connectivity index (χ0v) is 13.6. The minimum Gasteiger partial charge on any atom is -0.370 e. The molecule has 1 rings (SSSR count). The van der Waals surface area contributed by atoms with E-state index in [2.05, 4.69) is 69.1 Å². The monoisotopic (exact) mass is 276 g/mol.